The van der Waals surface area contributed by atoms with Crippen LogP contribution in [0, 0.1) is 0 Å². The SMILES string of the molecule is NCC(CN)NN. The monoisotopic (exact) mass is 104 g/mol. The maximum Gasteiger partial charge on any atom is 0.0455 e. The summed E-state index contributed by atoms with van der Waals surface area (Å²) in [6.45, 7) is 0.986. The van der Waals surface area contributed by atoms with Crippen molar-refractivity contribution in [2.75, 3.05) is 13.1 Å². The fourth-order valence-electron chi connectivity index (χ4n) is 0.232. The molecule has 0 saturated carbocycles. The lowest BCUT2D eigenvalue weighted by Gasteiger charge is -2.07. The fraction of sp³-hybridized carbons (Fsp3) is 1.00. The van der Waals surface area contributed by atoms with Gasteiger partial charge < -0.3 is 11.5 Å². The lowest BCUT2D eigenvalue weighted by molar-refractivity contribution is 0.546. The molecular weight excluding hydrogens is 92.1 g/mol. The van der Waals surface area contributed by atoms with Gasteiger partial charge in [0.15, 0.2) is 0 Å². The van der Waals surface area contributed by atoms with Crippen molar-refractivity contribution in [3.05, 3.63) is 0 Å². The molecule has 0 fully saturated rings. The highest BCUT2D eigenvalue weighted by Crippen LogP contribution is 1.65. The zero-order valence-electron chi connectivity index (χ0n) is 4.22. The number of nitrogens with one attached hydrogen (secondary N) is 1. The quantitative estimate of drug-likeness (QED) is 0.240. The van der Waals surface area contributed by atoms with Crippen molar-refractivity contribution in [2.45, 2.75) is 6.04 Å². The summed E-state index contributed by atoms with van der Waals surface area (Å²) >= 11 is 0. The molecule has 0 radical (unpaired) electrons. The lowest BCUT2D eigenvalue weighted by atomic mass is 10.3. The molecule has 0 aromatic rings. The maximum absolute atomic E-state index is 5.17. The summed E-state index contributed by atoms with van der Waals surface area (Å²) in [6.07, 6.45) is 0. The minimum absolute atomic E-state index is 0.0694. The molecule has 7 N–H and O–H groups in total. The van der Waals surface area contributed by atoms with E-state index in [1.165, 1.54) is 0 Å². The number of nitrogens with two attached hydrogens (primary N) is 3. The highest BCUT2D eigenvalue weighted by molar-refractivity contribution is 4.62. The van der Waals surface area contributed by atoms with Gasteiger partial charge in [-0.3, -0.25) is 11.3 Å². The molecule has 0 aliphatic carbocycles. The van der Waals surface area contributed by atoms with Crippen LogP contribution in [0.4, 0.5) is 0 Å². The van der Waals surface area contributed by atoms with Crippen LogP contribution in [-0.4, -0.2) is 19.1 Å². The van der Waals surface area contributed by atoms with Crippen molar-refractivity contribution < 1.29 is 0 Å². The predicted molar refractivity (Wildman–Crippen MR) is 29.2 cm³/mol. The van der Waals surface area contributed by atoms with Crippen LogP contribution in [-0.2, 0) is 0 Å². The smallest absolute Gasteiger partial charge is 0.0455 e. The molecular formula is C3H12N4. The van der Waals surface area contributed by atoms with Gasteiger partial charge in [-0.2, -0.15) is 0 Å². The third-order valence-corrected chi connectivity index (χ3v) is 0.805. The van der Waals surface area contributed by atoms with Crippen LogP contribution in [0.2, 0.25) is 0 Å². The summed E-state index contributed by atoms with van der Waals surface area (Å²) in [7, 11) is 0. The molecule has 0 aromatic carbocycles. The van der Waals surface area contributed by atoms with Crippen molar-refractivity contribution in [3.63, 3.8) is 0 Å². The van der Waals surface area contributed by atoms with E-state index in [2.05, 4.69) is 5.43 Å². The van der Waals surface area contributed by atoms with E-state index >= 15 is 0 Å². The Morgan fingerprint density at radius 1 is 1.29 bits per heavy atom. The Kier molecular flexibility index (Phi) is 3.92. The molecule has 0 heterocycles. The Hall–Kier alpha value is -0.160. The standard InChI is InChI=1S/C3H12N4/c4-1-3(2-5)7-6/h3,7H,1-2,4-6H2. The van der Waals surface area contributed by atoms with E-state index in [1.54, 1.807) is 0 Å². The van der Waals surface area contributed by atoms with E-state index in [9.17, 15) is 0 Å². The summed E-state index contributed by atoms with van der Waals surface area (Å²) < 4.78 is 0. The van der Waals surface area contributed by atoms with Crippen LogP contribution in [0.5, 0.6) is 0 Å². The Labute approximate surface area is 43.0 Å². The molecule has 0 aliphatic heterocycles. The van der Waals surface area contributed by atoms with Crippen LogP contribution in [0.1, 0.15) is 0 Å². The number of hydrogen-bond acceptors (Lipinski definition) is 4. The van der Waals surface area contributed by atoms with Crippen LogP contribution in [0.15, 0.2) is 0 Å². The van der Waals surface area contributed by atoms with Gasteiger partial charge in [0.05, 0.1) is 0 Å². The molecule has 7 heavy (non-hydrogen) atoms. The molecule has 0 aliphatic rings. The van der Waals surface area contributed by atoms with Crippen LogP contribution in [0.3, 0.4) is 0 Å². The largest absolute Gasteiger partial charge is 0.329 e. The van der Waals surface area contributed by atoms with E-state index in [0.29, 0.717) is 13.1 Å². The average Bonchev–Trinajstić information content (AvgIpc) is 1.72. The van der Waals surface area contributed by atoms with Crippen molar-refractivity contribution in [3.8, 4) is 0 Å². The van der Waals surface area contributed by atoms with Crippen molar-refractivity contribution >= 4 is 0 Å². The molecule has 0 aromatic heterocycles. The summed E-state index contributed by atoms with van der Waals surface area (Å²) in [5.74, 6) is 4.98. The summed E-state index contributed by atoms with van der Waals surface area (Å²) in [6, 6.07) is 0.0694. The molecule has 0 atom stereocenters. The number of hydrazine groups is 1. The molecule has 4 heteroatoms. The van der Waals surface area contributed by atoms with E-state index < -0.39 is 0 Å². The molecule has 0 bridgehead atoms. The van der Waals surface area contributed by atoms with Crippen molar-refractivity contribution in [2.24, 2.45) is 17.3 Å². The second-order valence-electron chi connectivity index (χ2n) is 1.33. The topological polar surface area (TPSA) is 90.1 Å². The lowest BCUT2D eigenvalue weighted by Crippen LogP contribution is -2.45. The number of hydrogen-bond donors (Lipinski definition) is 4. The first-order valence-corrected chi connectivity index (χ1v) is 2.21. The Morgan fingerprint density at radius 3 is 1.71 bits per heavy atom. The molecule has 0 rings (SSSR count). The summed E-state index contributed by atoms with van der Waals surface area (Å²) in [5, 5.41) is 0. The second-order valence-corrected chi connectivity index (χ2v) is 1.33. The summed E-state index contributed by atoms with van der Waals surface area (Å²) in [5.41, 5.74) is 12.8. The number of rotatable bonds is 3. The Morgan fingerprint density at radius 2 is 1.71 bits per heavy atom. The van der Waals surface area contributed by atoms with Gasteiger partial charge in [-0.15, -0.1) is 0 Å². The summed E-state index contributed by atoms with van der Waals surface area (Å²) in [4.78, 5) is 0. The third-order valence-electron chi connectivity index (χ3n) is 0.805. The van der Waals surface area contributed by atoms with Gasteiger partial charge in [0.2, 0.25) is 0 Å². The zero-order chi connectivity index (χ0) is 5.70. The minimum atomic E-state index is 0.0694. The molecule has 0 amide bonds. The molecule has 44 valence electrons. The van der Waals surface area contributed by atoms with Crippen LogP contribution in [0.25, 0.3) is 0 Å². The van der Waals surface area contributed by atoms with Crippen LogP contribution >= 0.6 is 0 Å². The van der Waals surface area contributed by atoms with Crippen LogP contribution < -0.4 is 22.7 Å². The Bertz CT molecular complexity index is 28.4. The zero-order valence-corrected chi connectivity index (χ0v) is 4.22. The van der Waals surface area contributed by atoms with E-state index in [0.717, 1.165) is 0 Å². The van der Waals surface area contributed by atoms with Gasteiger partial charge in [0, 0.05) is 19.1 Å². The second kappa shape index (κ2) is 4.01. The van der Waals surface area contributed by atoms with E-state index in [-0.39, 0.29) is 6.04 Å². The minimum Gasteiger partial charge on any atom is -0.329 e. The van der Waals surface area contributed by atoms with Gasteiger partial charge >= 0.3 is 0 Å². The maximum atomic E-state index is 5.17. The van der Waals surface area contributed by atoms with Gasteiger partial charge in [0.1, 0.15) is 0 Å². The van der Waals surface area contributed by atoms with Gasteiger partial charge in [0.25, 0.3) is 0 Å². The first-order valence-electron chi connectivity index (χ1n) is 2.21. The first kappa shape index (κ1) is 6.84. The first-order chi connectivity index (χ1) is 3.35. The molecule has 0 saturated heterocycles. The Balaban J connectivity index is 2.99. The third kappa shape index (κ3) is 2.52. The molecule has 4 nitrogen and oxygen atoms in total. The van der Waals surface area contributed by atoms with E-state index in [1.807, 2.05) is 0 Å². The molecule has 0 spiro atoms. The van der Waals surface area contributed by atoms with Crippen molar-refractivity contribution in [1.82, 2.24) is 5.43 Å². The van der Waals surface area contributed by atoms with Gasteiger partial charge in [-0.05, 0) is 0 Å². The van der Waals surface area contributed by atoms with Crippen molar-refractivity contribution in [1.29, 1.82) is 0 Å². The normalized spacial score (nSPS) is 10.3. The average molecular weight is 104 g/mol. The highest BCUT2D eigenvalue weighted by Gasteiger charge is 1.95. The van der Waals surface area contributed by atoms with E-state index in [4.69, 9.17) is 17.3 Å². The van der Waals surface area contributed by atoms with Gasteiger partial charge in [-0.25, -0.2) is 0 Å². The predicted octanol–water partition coefficient (Wildman–Crippen LogP) is -2.26. The highest BCUT2D eigenvalue weighted by atomic mass is 15.2. The molecule has 0 unspecified atom stereocenters. The fourth-order valence-corrected chi connectivity index (χ4v) is 0.232. The van der Waals surface area contributed by atoms with Gasteiger partial charge in [-0.1, -0.05) is 0 Å².